The van der Waals surface area contributed by atoms with E-state index in [1.165, 1.54) is 16.7 Å². The van der Waals surface area contributed by atoms with Gasteiger partial charge in [0.15, 0.2) is 11.5 Å². The summed E-state index contributed by atoms with van der Waals surface area (Å²) in [5.41, 5.74) is 4.62. The number of ether oxygens (including phenoxy) is 3. The fourth-order valence-corrected chi connectivity index (χ4v) is 4.23. The summed E-state index contributed by atoms with van der Waals surface area (Å²) in [7, 11) is 3.29. The predicted octanol–water partition coefficient (Wildman–Crippen LogP) is 4.24. The number of aryl methyl sites for hydroxylation is 2. The van der Waals surface area contributed by atoms with E-state index in [0.29, 0.717) is 18.9 Å². The van der Waals surface area contributed by atoms with Gasteiger partial charge >= 0.3 is 0 Å². The van der Waals surface area contributed by atoms with Crippen LogP contribution in [0.5, 0.6) is 17.2 Å². The second-order valence-electron chi connectivity index (χ2n) is 8.11. The van der Waals surface area contributed by atoms with Crippen LogP contribution in [0.15, 0.2) is 30.3 Å². The molecule has 1 fully saturated rings. The quantitative estimate of drug-likeness (QED) is 0.734. The van der Waals surface area contributed by atoms with Crippen molar-refractivity contribution in [1.82, 2.24) is 4.90 Å². The Bertz CT molecular complexity index is 899. The number of hydrogen-bond acceptors (Lipinski definition) is 4. The van der Waals surface area contributed by atoms with E-state index >= 15 is 0 Å². The summed E-state index contributed by atoms with van der Waals surface area (Å²) >= 11 is 0. The molecule has 0 saturated heterocycles. The minimum absolute atomic E-state index is 0.132. The van der Waals surface area contributed by atoms with Gasteiger partial charge < -0.3 is 19.1 Å². The van der Waals surface area contributed by atoms with Crippen molar-refractivity contribution in [3.8, 4) is 17.2 Å². The van der Waals surface area contributed by atoms with E-state index in [-0.39, 0.29) is 17.9 Å². The molecule has 0 aromatic heterocycles. The molecule has 1 aliphatic carbocycles. The fraction of sp³-hybridized carbons (Fsp3) is 0.458. The first-order valence-electron chi connectivity index (χ1n) is 10.3. The van der Waals surface area contributed by atoms with E-state index < -0.39 is 0 Å². The van der Waals surface area contributed by atoms with Crippen LogP contribution in [0.2, 0.25) is 0 Å². The van der Waals surface area contributed by atoms with Crippen LogP contribution >= 0.6 is 0 Å². The van der Waals surface area contributed by atoms with Gasteiger partial charge in [-0.3, -0.25) is 4.79 Å². The molecule has 1 amide bonds. The smallest absolute Gasteiger partial charge is 0.226 e. The van der Waals surface area contributed by atoms with Gasteiger partial charge in [0.25, 0.3) is 0 Å². The number of hydrogen-bond donors (Lipinski definition) is 0. The van der Waals surface area contributed by atoms with E-state index in [2.05, 4.69) is 19.9 Å². The third-order valence-corrected chi connectivity index (χ3v) is 5.82. The van der Waals surface area contributed by atoms with Gasteiger partial charge in [-0.1, -0.05) is 6.07 Å². The van der Waals surface area contributed by atoms with Crippen molar-refractivity contribution in [3.63, 3.8) is 0 Å². The zero-order chi connectivity index (χ0) is 20.5. The maximum Gasteiger partial charge on any atom is 0.226 e. The van der Waals surface area contributed by atoms with Crippen molar-refractivity contribution in [3.05, 3.63) is 52.6 Å². The van der Waals surface area contributed by atoms with Gasteiger partial charge in [-0.2, -0.15) is 0 Å². The molecule has 1 saturated carbocycles. The second-order valence-corrected chi connectivity index (χ2v) is 8.11. The summed E-state index contributed by atoms with van der Waals surface area (Å²) in [6.07, 6.45) is 2.81. The maximum atomic E-state index is 13.0. The Kier molecular flexibility index (Phi) is 5.39. The van der Waals surface area contributed by atoms with Crippen molar-refractivity contribution in [2.75, 3.05) is 27.4 Å². The number of carbonyl (C=O) groups excluding carboxylic acids is 1. The molecule has 0 spiro atoms. The highest BCUT2D eigenvalue weighted by Crippen LogP contribution is 2.41. The number of amides is 1. The number of methoxy groups -OCH3 is 2. The molecular weight excluding hydrogens is 366 g/mol. The minimum Gasteiger partial charge on any atom is -0.493 e. The van der Waals surface area contributed by atoms with Crippen LogP contribution in [0.25, 0.3) is 0 Å². The molecule has 29 heavy (non-hydrogen) atoms. The van der Waals surface area contributed by atoms with Crippen molar-refractivity contribution in [2.24, 2.45) is 5.92 Å². The van der Waals surface area contributed by atoms with Crippen molar-refractivity contribution in [1.29, 1.82) is 0 Å². The van der Waals surface area contributed by atoms with Crippen LogP contribution in [0.1, 0.15) is 41.1 Å². The summed E-state index contributed by atoms with van der Waals surface area (Å²) in [5.74, 6) is 2.68. The van der Waals surface area contributed by atoms with Gasteiger partial charge in [0.2, 0.25) is 5.91 Å². The lowest BCUT2D eigenvalue weighted by Crippen LogP contribution is -2.43. The largest absolute Gasteiger partial charge is 0.493 e. The second kappa shape index (κ2) is 7.97. The van der Waals surface area contributed by atoms with E-state index in [1.54, 1.807) is 14.2 Å². The number of carbonyl (C=O) groups is 1. The van der Waals surface area contributed by atoms with E-state index in [1.807, 2.05) is 29.2 Å². The van der Waals surface area contributed by atoms with Crippen molar-refractivity contribution in [2.45, 2.75) is 39.2 Å². The molecule has 2 aliphatic rings. The standard InChI is InChI=1S/C24H29NO4/c1-15-9-16(2)11-19(10-15)29-14-21-20-13-23(28-4)22(27-3)12-18(20)7-8-25(21)24(26)17-5-6-17/h9-13,17,21H,5-8,14H2,1-4H3. The Morgan fingerprint density at radius 3 is 2.28 bits per heavy atom. The molecular formula is C24H29NO4. The number of fused-ring (bicyclic) bond motifs is 1. The fourth-order valence-electron chi connectivity index (χ4n) is 4.23. The first kappa shape index (κ1) is 19.6. The molecule has 1 heterocycles. The average Bonchev–Trinajstić information content (AvgIpc) is 3.55. The molecule has 0 radical (unpaired) electrons. The summed E-state index contributed by atoms with van der Waals surface area (Å²) in [6.45, 7) is 5.26. The number of benzene rings is 2. The SMILES string of the molecule is COc1cc2c(cc1OC)C(COc1cc(C)cc(C)c1)N(C(=O)C1CC1)CC2. The van der Waals surface area contributed by atoms with Gasteiger partial charge in [-0.15, -0.1) is 0 Å². The third-order valence-electron chi connectivity index (χ3n) is 5.82. The zero-order valence-corrected chi connectivity index (χ0v) is 17.7. The van der Waals surface area contributed by atoms with Crippen LogP contribution in [-0.2, 0) is 11.2 Å². The van der Waals surface area contributed by atoms with Crippen LogP contribution in [0.3, 0.4) is 0 Å². The Morgan fingerprint density at radius 2 is 1.66 bits per heavy atom. The topological polar surface area (TPSA) is 48.0 Å². The van der Waals surface area contributed by atoms with Crippen LogP contribution in [0, 0.1) is 19.8 Å². The third kappa shape index (κ3) is 4.04. The molecule has 2 aromatic rings. The highest BCUT2D eigenvalue weighted by molar-refractivity contribution is 5.82. The lowest BCUT2D eigenvalue weighted by Gasteiger charge is -2.38. The molecule has 5 nitrogen and oxygen atoms in total. The normalized spacial score (nSPS) is 18.2. The summed E-state index contributed by atoms with van der Waals surface area (Å²) < 4.78 is 17.2. The molecule has 1 aliphatic heterocycles. The van der Waals surface area contributed by atoms with E-state index in [9.17, 15) is 4.79 Å². The molecule has 4 rings (SSSR count). The van der Waals surface area contributed by atoms with Gasteiger partial charge in [-0.25, -0.2) is 0 Å². The molecule has 1 atom stereocenters. The molecule has 1 unspecified atom stereocenters. The van der Waals surface area contributed by atoms with Gasteiger partial charge in [0.1, 0.15) is 12.4 Å². The molecule has 154 valence electrons. The first-order chi connectivity index (χ1) is 14.0. The highest BCUT2D eigenvalue weighted by atomic mass is 16.5. The van der Waals surface area contributed by atoms with Crippen molar-refractivity contribution < 1.29 is 19.0 Å². The Morgan fingerprint density at radius 1 is 1.00 bits per heavy atom. The van der Waals surface area contributed by atoms with Gasteiger partial charge in [-0.05, 0) is 79.6 Å². The predicted molar refractivity (Wildman–Crippen MR) is 112 cm³/mol. The molecule has 0 N–H and O–H groups in total. The molecule has 2 aromatic carbocycles. The summed E-state index contributed by atoms with van der Waals surface area (Å²) in [4.78, 5) is 15.0. The minimum atomic E-state index is -0.132. The van der Waals surface area contributed by atoms with Gasteiger partial charge in [0.05, 0.1) is 20.3 Å². The van der Waals surface area contributed by atoms with E-state index in [4.69, 9.17) is 14.2 Å². The summed E-state index contributed by atoms with van der Waals surface area (Å²) in [5, 5.41) is 0. The lowest BCUT2D eigenvalue weighted by atomic mass is 9.91. The monoisotopic (exact) mass is 395 g/mol. The van der Waals surface area contributed by atoms with Crippen LogP contribution < -0.4 is 14.2 Å². The Hall–Kier alpha value is -2.69. The molecule has 0 bridgehead atoms. The molecule has 5 heteroatoms. The van der Waals surface area contributed by atoms with Crippen LogP contribution in [-0.4, -0.2) is 38.2 Å². The van der Waals surface area contributed by atoms with Crippen molar-refractivity contribution >= 4 is 5.91 Å². The average molecular weight is 395 g/mol. The summed E-state index contributed by atoms with van der Waals surface area (Å²) in [6, 6.07) is 10.1. The van der Waals surface area contributed by atoms with Gasteiger partial charge in [0, 0.05) is 12.5 Å². The zero-order valence-electron chi connectivity index (χ0n) is 17.7. The lowest BCUT2D eigenvalue weighted by molar-refractivity contribution is -0.136. The van der Waals surface area contributed by atoms with E-state index in [0.717, 1.165) is 36.3 Å². The maximum absolute atomic E-state index is 13.0. The van der Waals surface area contributed by atoms with Crippen LogP contribution in [0.4, 0.5) is 0 Å². The number of rotatable bonds is 6. The first-order valence-corrected chi connectivity index (χ1v) is 10.3. The highest BCUT2D eigenvalue weighted by Gasteiger charge is 2.39. The Balaban J connectivity index is 1.66. The number of nitrogens with zero attached hydrogens (tertiary/aromatic N) is 1. The Labute approximate surface area is 172 Å².